The predicted octanol–water partition coefficient (Wildman–Crippen LogP) is 2.71. The molecule has 7 nitrogen and oxygen atoms in total. The second-order valence-corrected chi connectivity index (χ2v) is 7.72. The topological polar surface area (TPSA) is 86.9 Å². The molecule has 1 aromatic carbocycles. The number of piperidine rings is 1. The number of hydrogen-bond acceptors (Lipinski definition) is 5. The number of ketones is 1. The van der Waals surface area contributed by atoms with E-state index in [1.807, 2.05) is 12.3 Å². The zero-order chi connectivity index (χ0) is 21.1. The zero-order valence-corrected chi connectivity index (χ0v) is 17.1. The fraction of sp³-hybridized carbons (Fsp3) is 0.409. The minimum Gasteiger partial charge on any atom is -0.383 e. The number of likely N-dealkylation sites (tertiary alicyclic amines) is 1. The minimum absolute atomic E-state index is 0.0551. The van der Waals surface area contributed by atoms with Crippen molar-refractivity contribution in [2.24, 2.45) is 5.92 Å². The fourth-order valence-corrected chi connectivity index (χ4v) is 4.51. The number of nitrogens with one attached hydrogen (secondary N) is 2. The van der Waals surface area contributed by atoms with E-state index in [1.165, 1.54) is 6.07 Å². The zero-order valence-electron chi connectivity index (χ0n) is 17.1. The van der Waals surface area contributed by atoms with Crippen LogP contribution >= 0.6 is 0 Å². The first-order valence-electron chi connectivity index (χ1n) is 10.0. The molecule has 1 aliphatic heterocycles. The van der Waals surface area contributed by atoms with Crippen LogP contribution in [0.2, 0.25) is 0 Å². The third-order valence-corrected chi connectivity index (χ3v) is 6.02. The smallest absolute Gasteiger partial charge is 0.188 e. The highest BCUT2D eigenvalue weighted by Gasteiger charge is 2.43. The molecule has 0 unspecified atom stereocenters. The third-order valence-electron chi connectivity index (χ3n) is 6.02. The monoisotopic (exact) mass is 410 g/mol. The summed E-state index contributed by atoms with van der Waals surface area (Å²) in [5.74, 6) is -1.02. The van der Waals surface area contributed by atoms with E-state index in [4.69, 9.17) is 4.74 Å². The van der Waals surface area contributed by atoms with E-state index in [0.29, 0.717) is 37.5 Å². The van der Waals surface area contributed by atoms with E-state index in [9.17, 15) is 9.18 Å². The minimum atomic E-state index is -0.396. The van der Waals surface area contributed by atoms with Crippen molar-refractivity contribution in [3.05, 3.63) is 71.1 Å². The number of methoxy groups -OCH3 is 1. The van der Waals surface area contributed by atoms with Gasteiger partial charge < -0.3 is 4.74 Å². The molecule has 3 heterocycles. The Balaban J connectivity index is 1.81. The number of halogens is 1. The molecule has 1 saturated heterocycles. The largest absolute Gasteiger partial charge is 0.383 e. The number of nitrogens with zero attached hydrogens (tertiary/aromatic N) is 3. The van der Waals surface area contributed by atoms with Crippen LogP contribution in [0.5, 0.6) is 0 Å². The molecule has 0 aliphatic carbocycles. The van der Waals surface area contributed by atoms with Gasteiger partial charge in [0.1, 0.15) is 17.7 Å². The maximum atomic E-state index is 14.5. The van der Waals surface area contributed by atoms with Gasteiger partial charge >= 0.3 is 0 Å². The molecule has 1 aliphatic rings. The number of benzene rings is 1. The van der Waals surface area contributed by atoms with Crippen LogP contribution in [0.15, 0.2) is 36.7 Å². The van der Waals surface area contributed by atoms with Gasteiger partial charge in [0.05, 0.1) is 6.61 Å². The number of ether oxygens (including phenoxy) is 1. The van der Waals surface area contributed by atoms with Gasteiger partial charge in [0.2, 0.25) is 0 Å². The van der Waals surface area contributed by atoms with Crippen LogP contribution in [0.1, 0.15) is 39.0 Å². The van der Waals surface area contributed by atoms with Crippen LogP contribution in [0.4, 0.5) is 4.39 Å². The molecule has 0 spiro atoms. The van der Waals surface area contributed by atoms with Crippen LogP contribution in [-0.2, 0) is 4.74 Å². The van der Waals surface area contributed by atoms with E-state index in [1.54, 1.807) is 32.4 Å². The average Bonchev–Trinajstić information content (AvgIpc) is 3.47. The van der Waals surface area contributed by atoms with Gasteiger partial charge in [-0.1, -0.05) is 12.1 Å². The summed E-state index contributed by atoms with van der Waals surface area (Å²) in [6.07, 6.45) is 6.47. The van der Waals surface area contributed by atoms with Gasteiger partial charge in [0.15, 0.2) is 5.78 Å². The summed E-state index contributed by atoms with van der Waals surface area (Å²) < 4.78 is 19.8. The van der Waals surface area contributed by atoms with Crippen LogP contribution in [-0.4, -0.2) is 64.4 Å². The lowest BCUT2D eigenvalue weighted by molar-refractivity contribution is 0.0660. The predicted molar refractivity (Wildman–Crippen MR) is 109 cm³/mol. The Kier molecular flexibility index (Phi) is 6.06. The van der Waals surface area contributed by atoms with Crippen molar-refractivity contribution in [3.63, 3.8) is 0 Å². The Morgan fingerprint density at radius 1 is 1.33 bits per heavy atom. The van der Waals surface area contributed by atoms with Crippen molar-refractivity contribution in [2.45, 2.75) is 18.8 Å². The second-order valence-electron chi connectivity index (χ2n) is 7.72. The molecule has 1 fully saturated rings. The number of Topliss-reactive ketones (excluding diaryl/α,β-unsaturated/α-hetero) is 1. The van der Waals surface area contributed by atoms with Crippen molar-refractivity contribution < 1.29 is 13.9 Å². The highest BCUT2D eigenvalue weighted by atomic mass is 19.1. The Morgan fingerprint density at radius 2 is 2.20 bits per heavy atom. The molecule has 8 heteroatoms. The Labute approximate surface area is 174 Å². The van der Waals surface area contributed by atoms with Gasteiger partial charge in [-0.3, -0.25) is 19.9 Å². The summed E-state index contributed by atoms with van der Waals surface area (Å²) >= 11 is 0. The lowest BCUT2D eigenvalue weighted by Gasteiger charge is -2.43. The van der Waals surface area contributed by atoms with Crippen molar-refractivity contribution in [1.29, 1.82) is 0 Å². The van der Waals surface area contributed by atoms with Gasteiger partial charge in [-0.05, 0) is 30.2 Å². The molecule has 3 aromatic rings. The maximum Gasteiger partial charge on any atom is 0.188 e. The molecule has 2 N–H and O–H groups in total. The molecule has 30 heavy (non-hydrogen) atoms. The van der Waals surface area contributed by atoms with E-state index in [-0.39, 0.29) is 23.4 Å². The summed E-state index contributed by atoms with van der Waals surface area (Å²) in [6.45, 7) is 4.28. The van der Waals surface area contributed by atoms with Crippen molar-refractivity contribution in [2.75, 3.05) is 33.4 Å². The molecule has 0 saturated carbocycles. The highest BCUT2D eigenvalue weighted by molar-refractivity contribution is 5.97. The van der Waals surface area contributed by atoms with E-state index >= 15 is 0 Å². The van der Waals surface area contributed by atoms with Crippen LogP contribution < -0.4 is 0 Å². The highest BCUT2D eigenvalue weighted by Crippen LogP contribution is 2.45. The normalized spacial score (nSPS) is 22.3. The van der Waals surface area contributed by atoms with E-state index in [0.717, 1.165) is 11.1 Å². The van der Waals surface area contributed by atoms with Crippen molar-refractivity contribution in [1.82, 2.24) is 25.3 Å². The molecular formula is C22H25FN5O2. The molecule has 0 amide bonds. The molecule has 0 bridgehead atoms. The summed E-state index contributed by atoms with van der Waals surface area (Å²) in [5.41, 5.74) is 2.68. The lowest BCUT2D eigenvalue weighted by Crippen LogP contribution is -2.48. The first-order valence-corrected chi connectivity index (χ1v) is 10.0. The number of aromatic nitrogens is 4. The number of aromatic amines is 2. The SMILES string of the molecule is COCCN1C[C@H](C(=O)c2cc[nH]n2)[C@H](c2cccc(F)c2C)[C@@H](c2[c]n[nH]c2)C1. The van der Waals surface area contributed by atoms with Gasteiger partial charge in [-0.15, -0.1) is 0 Å². The first-order chi connectivity index (χ1) is 14.6. The van der Waals surface area contributed by atoms with Gasteiger partial charge in [-0.25, -0.2) is 4.39 Å². The molecule has 2 aromatic heterocycles. The number of carbonyl (C=O) groups excluding carboxylic acids is 1. The molecular weight excluding hydrogens is 385 g/mol. The third kappa shape index (κ3) is 3.93. The van der Waals surface area contributed by atoms with E-state index < -0.39 is 5.92 Å². The lowest BCUT2D eigenvalue weighted by atomic mass is 9.68. The number of carbonyl (C=O) groups is 1. The number of rotatable bonds is 7. The van der Waals surface area contributed by atoms with Crippen LogP contribution in [0, 0.1) is 24.9 Å². The summed E-state index contributed by atoms with van der Waals surface area (Å²) in [7, 11) is 1.66. The number of H-pyrrole nitrogens is 2. The summed E-state index contributed by atoms with van der Waals surface area (Å²) in [5, 5.41) is 13.7. The van der Waals surface area contributed by atoms with Gasteiger partial charge in [-0.2, -0.15) is 10.2 Å². The summed E-state index contributed by atoms with van der Waals surface area (Å²) in [6, 6.07) is 6.77. The Morgan fingerprint density at radius 3 is 2.90 bits per heavy atom. The van der Waals surface area contributed by atoms with Gasteiger partial charge in [0.25, 0.3) is 0 Å². The Bertz CT molecular complexity index is 974. The number of hydrogen-bond donors (Lipinski definition) is 2. The molecule has 3 atom stereocenters. The fourth-order valence-electron chi connectivity index (χ4n) is 4.51. The van der Waals surface area contributed by atoms with Crippen molar-refractivity contribution >= 4 is 5.78 Å². The average molecular weight is 410 g/mol. The van der Waals surface area contributed by atoms with E-state index in [2.05, 4.69) is 31.5 Å². The van der Waals surface area contributed by atoms with Crippen LogP contribution in [0.3, 0.4) is 0 Å². The quantitative estimate of drug-likeness (QED) is 0.585. The van der Waals surface area contributed by atoms with Crippen LogP contribution in [0.25, 0.3) is 0 Å². The standard InChI is InChI=1S/C22H25FN5O2/c1-14-16(4-3-5-19(14)23)21-17(15-10-25-26-11-15)12-28(8-9-30-2)13-18(21)22(29)20-6-7-24-27-20/h3-7,10,17-18,21H,8-9,12-13H2,1-2H3,(H,24,27)(H,25,26)/t17-,18+,21-/m1/s1. The molecule has 1 radical (unpaired) electrons. The molecule has 157 valence electrons. The first kappa shape index (κ1) is 20.4. The van der Waals surface area contributed by atoms with Gasteiger partial charge in [0, 0.05) is 62.5 Å². The Hall–Kier alpha value is -2.84. The maximum absolute atomic E-state index is 14.5. The second kappa shape index (κ2) is 8.89. The van der Waals surface area contributed by atoms with Crippen molar-refractivity contribution in [3.8, 4) is 0 Å². The molecule has 4 rings (SSSR count). The summed E-state index contributed by atoms with van der Waals surface area (Å²) in [4.78, 5) is 15.7.